The Balaban J connectivity index is 2.09. The number of carbonyl (C=O) groups excluding carboxylic acids is 1. The number of fused-ring (bicyclic) bond motifs is 1. The van der Waals surface area contributed by atoms with Crippen LogP contribution in [0.15, 0.2) is 18.2 Å². The van der Waals surface area contributed by atoms with E-state index in [1.54, 1.807) is 25.1 Å². The molecular formula is C14H16F3NO3. The minimum Gasteiger partial charge on any atom is -0.454 e. The first kappa shape index (κ1) is 15.5. The number of hydrogen-bond acceptors (Lipinski definition) is 3. The van der Waals surface area contributed by atoms with Gasteiger partial charge in [0, 0.05) is 12.6 Å². The third-order valence-corrected chi connectivity index (χ3v) is 3.34. The second-order valence-electron chi connectivity index (χ2n) is 4.83. The molecule has 0 fully saturated rings. The third kappa shape index (κ3) is 3.40. The Hall–Kier alpha value is -1.92. The Labute approximate surface area is 120 Å². The average molecular weight is 303 g/mol. The SMILES string of the molecule is CCN(C(=O)C(F)(F)F)C(C)Cc1ccc2c(c1)OCO2. The monoisotopic (exact) mass is 303 g/mol. The van der Waals surface area contributed by atoms with Crippen LogP contribution in [-0.4, -0.2) is 36.4 Å². The smallest absolute Gasteiger partial charge is 0.454 e. The summed E-state index contributed by atoms with van der Waals surface area (Å²) in [6.45, 7) is 3.27. The van der Waals surface area contributed by atoms with Gasteiger partial charge in [0.05, 0.1) is 0 Å². The van der Waals surface area contributed by atoms with E-state index in [4.69, 9.17) is 9.47 Å². The quantitative estimate of drug-likeness (QED) is 0.858. The van der Waals surface area contributed by atoms with Gasteiger partial charge in [0.25, 0.3) is 0 Å². The van der Waals surface area contributed by atoms with E-state index in [1.807, 2.05) is 0 Å². The molecule has 1 amide bonds. The summed E-state index contributed by atoms with van der Waals surface area (Å²) in [7, 11) is 0. The van der Waals surface area contributed by atoms with E-state index < -0.39 is 18.1 Å². The number of hydrogen-bond donors (Lipinski definition) is 0. The third-order valence-electron chi connectivity index (χ3n) is 3.34. The molecule has 1 aliphatic heterocycles. The number of rotatable bonds is 4. The van der Waals surface area contributed by atoms with Gasteiger partial charge < -0.3 is 14.4 Å². The first-order valence-electron chi connectivity index (χ1n) is 6.59. The van der Waals surface area contributed by atoms with Crippen LogP contribution in [0, 0.1) is 0 Å². The molecule has 7 heteroatoms. The summed E-state index contributed by atoms with van der Waals surface area (Å²) >= 11 is 0. The van der Waals surface area contributed by atoms with Gasteiger partial charge in [-0.25, -0.2) is 0 Å². The highest BCUT2D eigenvalue weighted by molar-refractivity contribution is 5.82. The second-order valence-corrected chi connectivity index (χ2v) is 4.83. The van der Waals surface area contributed by atoms with E-state index in [9.17, 15) is 18.0 Å². The Bertz CT molecular complexity index is 531. The summed E-state index contributed by atoms with van der Waals surface area (Å²) in [5, 5.41) is 0. The van der Waals surface area contributed by atoms with Crippen molar-refractivity contribution in [3.8, 4) is 11.5 Å². The van der Waals surface area contributed by atoms with Gasteiger partial charge in [-0.05, 0) is 38.0 Å². The van der Waals surface area contributed by atoms with Crippen LogP contribution in [0.25, 0.3) is 0 Å². The van der Waals surface area contributed by atoms with Gasteiger partial charge in [-0.2, -0.15) is 13.2 Å². The molecule has 4 nitrogen and oxygen atoms in total. The molecule has 0 aliphatic carbocycles. The molecule has 2 rings (SSSR count). The zero-order valence-electron chi connectivity index (χ0n) is 11.7. The first-order chi connectivity index (χ1) is 9.82. The summed E-state index contributed by atoms with van der Waals surface area (Å²) < 4.78 is 48.0. The van der Waals surface area contributed by atoms with Crippen molar-refractivity contribution in [2.45, 2.75) is 32.5 Å². The van der Waals surface area contributed by atoms with Crippen LogP contribution in [0.5, 0.6) is 11.5 Å². The van der Waals surface area contributed by atoms with Gasteiger partial charge in [-0.15, -0.1) is 0 Å². The fourth-order valence-corrected chi connectivity index (χ4v) is 2.34. The fourth-order valence-electron chi connectivity index (χ4n) is 2.34. The van der Waals surface area contributed by atoms with Crippen molar-refractivity contribution in [3.63, 3.8) is 0 Å². The van der Waals surface area contributed by atoms with E-state index in [1.165, 1.54) is 6.92 Å². The minimum absolute atomic E-state index is 0.00403. The fraction of sp³-hybridized carbons (Fsp3) is 0.500. The number of halogens is 3. The Morgan fingerprint density at radius 1 is 1.33 bits per heavy atom. The molecule has 1 aromatic rings. The van der Waals surface area contributed by atoms with Gasteiger partial charge in [0.1, 0.15) is 0 Å². The van der Waals surface area contributed by atoms with Crippen LogP contribution >= 0.6 is 0 Å². The number of carbonyl (C=O) groups is 1. The molecule has 0 saturated carbocycles. The normalized spacial score (nSPS) is 14.9. The zero-order chi connectivity index (χ0) is 15.6. The highest BCUT2D eigenvalue weighted by Gasteiger charge is 2.43. The van der Waals surface area contributed by atoms with E-state index in [-0.39, 0.29) is 13.3 Å². The van der Waals surface area contributed by atoms with Crippen LogP contribution in [0.4, 0.5) is 13.2 Å². The Morgan fingerprint density at radius 3 is 2.62 bits per heavy atom. The molecule has 0 saturated heterocycles. The molecule has 0 N–H and O–H groups in total. The predicted octanol–water partition coefficient (Wildman–Crippen LogP) is 2.76. The summed E-state index contributed by atoms with van der Waals surface area (Å²) in [6, 6.07) is 4.64. The maximum Gasteiger partial charge on any atom is 0.471 e. The van der Waals surface area contributed by atoms with E-state index >= 15 is 0 Å². The average Bonchev–Trinajstić information content (AvgIpc) is 2.85. The van der Waals surface area contributed by atoms with Crippen molar-refractivity contribution in [1.82, 2.24) is 4.90 Å². The lowest BCUT2D eigenvalue weighted by atomic mass is 10.0. The molecular weight excluding hydrogens is 287 g/mol. The molecule has 1 aliphatic rings. The van der Waals surface area contributed by atoms with Crippen molar-refractivity contribution < 1.29 is 27.4 Å². The van der Waals surface area contributed by atoms with Crippen LogP contribution in [0.3, 0.4) is 0 Å². The molecule has 0 spiro atoms. The summed E-state index contributed by atoms with van der Waals surface area (Å²) in [5.41, 5.74) is 0.792. The molecule has 1 heterocycles. The molecule has 1 aromatic carbocycles. The zero-order valence-corrected chi connectivity index (χ0v) is 11.7. The Morgan fingerprint density at radius 2 is 2.00 bits per heavy atom. The molecule has 0 radical (unpaired) electrons. The highest BCUT2D eigenvalue weighted by Crippen LogP contribution is 2.33. The van der Waals surface area contributed by atoms with Crippen molar-refractivity contribution in [2.24, 2.45) is 0 Å². The van der Waals surface area contributed by atoms with Crippen molar-refractivity contribution >= 4 is 5.91 Å². The number of alkyl halides is 3. The van der Waals surface area contributed by atoms with Crippen LogP contribution in [-0.2, 0) is 11.2 Å². The van der Waals surface area contributed by atoms with Gasteiger partial charge in [-0.3, -0.25) is 4.79 Å². The van der Waals surface area contributed by atoms with Crippen LogP contribution < -0.4 is 9.47 Å². The molecule has 0 aromatic heterocycles. The lowest BCUT2D eigenvalue weighted by molar-refractivity contribution is -0.187. The van der Waals surface area contributed by atoms with Crippen LogP contribution in [0.2, 0.25) is 0 Å². The highest BCUT2D eigenvalue weighted by atomic mass is 19.4. The predicted molar refractivity (Wildman–Crippen MR) is 69.2 cm³/mol. The molecule has 21 heavy (non-hydrogen) atoms. The van der Waals surface area contributed by atoms with E-state index in [0.29, 0.717) is 17.9 Å². The lowest BCUT2D eigenvalue weighted by Crippen LogP contribution is -2.46. The number of likely N-dealkylation sites (N-methyl/N-ethyl adjacent to an activating group) is 1. The van der Waals surface area contributed by atoms with Gasteiger partial charge in [0.15, 0.2) is 11.5 Å². The Kier molecular flexibility index (Phi) is 4.29. The number of ether oxygens (including phenoxy) is 2. The molecule has 1 atom stereocenters. The number of benzene rings is 1. The minimum atomic E-state index is -4.85. The van der Waals surface area contributed by atoms with E-state index in [0.717, 1.165) is 10.5 Å². The lowest BCUT2D eigenvalue weighted by Gasteiger charge is -2.28. The maximum absolute atomic E-state index is 12.5. The molecule has 0 bridgehead atoms. The molecule has 1 unspecified atom stereocenters. The van der Waals surface area contributed by atoms with Crippen molar-refractivity contribution in [1.29, 1.82) is 0 Å². The maximum atomic E-state index is 12.5. The number of amides is 1. The summed E-state index contributed by atoms with van der Waals surface area (Å²) in [6.07, 6.45) is -4.54. The first-order valence-corrected chi connectivity index (χ1v) is 6.59. The topological polar surface area (TPSA) is 38.8 Å². The van der Waals surface area contributed by atoms with Gasteiger partial charge in [0.2, 0.25) is 6.79 Å². The van der Waals surface area contributed by atoms with Gasteiger partial charge >= 0.3 is 12.1 Å². The van der Waals surface area contributed by atoms with Gasteiger partial charge in [-0.1, -0.05) is 6.07 Å². The summed E-state index contributed by atoms with van der Waals surface area (Å²) in [5.74, 6) is -0.617. The largest absolute Gasteiger partial charge is 0.471 e. The standard InChI is InChI=1S/C14H16F3NO3/c1-3-18(13(19)14(15,16)17)9(2)6-10-4-5-11-12(7-10)21-8-20-11/h4-5,7,9H,3,6,8H2,1-2H3. The van der Waals surface area contributed by atoms with Crippen LogP contribution in [0.1, 0.15) is 19.4 Å². The summed E-state index contributed by atoms with van der Waals surface area (Å²) in [4.78, 5) is 12.2. The number of nitrogens with zero attached hydrogens (tertiary/aromatic N) is 1. The van der Waals surface area contributed by atoms with Crippen molar-refractivity contribution in [3.05, 3.63) is 23.8 Å². The second kappa shape index (κ2) is 5.83. The molecule has 116 valence electrons. The van der Waals surface area contributed by atoms with E-state index in [2.05, 4.69) is 0 Å². The van der Waals surface area contributed by atoms with Crippen molar-refractivity contribution in [2.75, 3.05) is 13.3 Å².